The van der Waals surface area contributed by atoms with Crippen LogP contribution >= 0.6 is 0 Å². The van der Waals surface area contributed by atoms with E-state index in [0.29, 0.717) is 17.7 Å². The largest absolute Gasteiger partial charge is 0.348 e. The molecule has 0 aliphatic rings. The summed E-state index contributed by atoms with van der Waals surface area (Å²) in [6, 6.07) is 22.3. The van der Waals surface area contributed by atoms with Crippen LogP contribution < -0.4 is 10.6 Å². The number of benzene rings is 3. The highest BCUT2D eigenvalue weighted by molar-refractivity contribution is 6.06. The zero-order valence-corrected chi connectivity index (χ0v) is 15.5. The first-order valence-electron chi connectivity index (χ1n) is 8.84. The Morgan fingerprint density at radius 1 is 0.741 bits per heavy atom. The minimum absolute atomic E-state index is 0.208. The number of carbonyl (C=O) groups is 2. The fourth-order valence-electron chi connectivity index (χ4n) is 2.88. The molecule has 0 saturated carbocycles. The van der Waals surface area contributed by atoms with Gasteiger partial charge in [0, 0.05) is 23.4 Å². The Labute approximate surface area is 159 Å². The van der Waals surface area contributed by atoms with Gasteiger partial charge in [-0.3, -0.25) is 9.59 Å². The third-order valence-electron chi connectivity index (χ3n) is 4.40. The third kappa shape index (κ3) is 4.61. The van der Waals surface area contributed by atoms with Crippen LogP contribution in [0.5, 0.6) is 0 Å². The van der Waals surface area contributed by atoms with Gasteiger partial charge in [0.15, 0.2) is 0 Å². The van der Waals surface area contributed by atoms with Gasteiger partial charge < -0.3 is 10.6 Å². The molecule has 3 aromatic rings. The predicted octanol–water partition coefficient (Wildman–Crippen LogP) is 4.49. The van der Waals surface area contributed by atoms with Crippen LogP contribution in [-0.2, 0) is 6.54 Å². The maximum absolute atomic E-state index is 12.6. The second-order valence-corrected chi connectivity index (χ2v) is 6.47. The Morgan fingerprint density at radius 3 is 2.00 bits per heavy atom. The standard InChI is InChI=1S/C23H22N2O2/c1-16-8-6-9-17(2)21(16)25-23(27)20-13-7-12-19(14-20)22(26)24-15-18-10-4-3-5-11-18/h3-14H,15H2,1-2H3,(H,24,26)(H,25,27). The predicted molar refractivity (Wildman–Crippen MR) is 108 cm³/mol. The van der Waals surface area contributed by atoms with Crippen molar-refractivity contribution in [2.45, 2.75) is 20.4 Å². The second kappa shape index (κ2) is 8.32. The molecule has 3 rings (SSSR count). The average Bonchev–Trinajstić information content (AvgIpc) is 2.70. The third-order valence-corrected chi connectivity index (χ3v) is 4.40. The Balaban J connectivity index is 1.71. The highest BCUT2D eigenvalue weighted by Gasteiger charge is 2.12. The number of hydrogen-bond donors (Lipinski definition) is 2. The SMILES string of the molecule is Cc1cccc(C)c1NC(=O)c1cccc(C(=O)NCc2ccccc2)c1. The summed E-state index contributed by atoms with van der Waals surface area (Å²) in [5.41, 5.74) is 4.74. The highest BCUT2D eigenvalue weighted by atomic mass is 16.2. The van der Waals surface area contributed by atoms with Gasteiger partial charge in [-0.25, -0.2) is 0 Å². The smallest absolute Gasteiger partial charge is 0.255 e. The molecule has 0 saturated heterocycles. The number of amides is 2. The van der Waals surface area contributed by atoms with Crippen molar-refractivity contribution in [2.24, 2.45) is 0 Å². The number of anilines is 1. The molecule has 0 atom stereocenters. The summed E-state index contributed by atoms with van der Waals surface area (Å²) in [5, 5.41) is 5.83. The number of hydrogen-bond acceptors (Lipinski definition) is 2. The summed E-state index contributed by atoms with van der Waals surface area (Å²) >= 11 is 0. The van der Waals surface area contributed by atoms with Gasteiger partial charge in [-0.15, -0.1) is 0 Å². The molecule has 0 aromatic heterocycles. The average molecular weight is 358 g/mol. The monoisotopic (exact) mass is 358 g/mol. The Kier molecular flexibility index (Phi) is 5.67. The summed E-state index contributed by atoms with van der Waals surface area (Å²) in [6.07, 6.45) is 0. The number of aryl methyl sites for hydroxylation is 2. The van der Waals surface area contributed by atoms with Gasteiger partial charge in [0.05, 0.1) is 0 Å². The number of nitrogens with one attached hydrogen (secondary N) is 2. The van der Waals surface area contributed by atoms with Crippen molar-refractivity contribution in [3.63, 3.8) is 0 Å². The molecule has 27 heavy (non-hydrogen) atoms. The maximum atomic E-state index is 12.6. The molecule has 0 aliphatic carbocycles. The van der Waals surface area contributed by atoms with Crippen molar-refractivity contribution in [3.05, 3.63) is 101 Å². The van der Waals surface area contributed by atoms with Gasteiger partial charge in [0.1, 0.15) is 0 Å². The lowest BCUT2D eigenvalue weighted by molar-refractivity contribution is 0.0951. The highest BCUT2D eigenvalue weighted by Crippen LogP contribution is 2.20. The molecule has 0 fully saturated rings. The number of para-hydroxylation sites is 1. The van der Waals surface area contributed by atoms with E-state index in [9.17, 15) is 9.59 Å². The van der Waals surface area contributed by atoms with E-state index >= 15 is 0 Å². The molecule has 0 bridgehead atoms. The van der Waals surface area contributed by atoms with Gasteiger partial charge in [-0.05, 0) is 48.7 Å². The Hall–Kier alpha value is -3.40. The van der Waals surface area contributed by atoms with E-state index in [4.69, 9.17) is 0 Å². The van der Waals surface area contributed by atoms with Gasteiger partial charge in [0.25, 0.3) is 11.8 Å². The second-order valence-electron chi connectivity index (χ2n) is 6.47. The van der Waals surface area contributed by atoms with Crippen LogP contribution in [0.4, 0.5) is 5.69 Å². The number of rotatable bonds is 5. The van der Waals surface area contributed by atoms with Crippen LogP contribution in [0.2, 0.25) is 0 Å². The van der Waals surface area contributed by atoms with Crippen molar-refractivity contribution >= 4 is 17.5 Å². The summed E-state index contributed by atoms with van der Waals surface area (Å²) in [5.74, 6) is -0.439. The van der Waals surface area contributed by atoms with Gasteiger partial charge >= 0.3 is 0 Å². The molecule has 0 radical (unpaired) electrons. The number of carbonyl (C=O) groups excluding carboxylic acids is 2. The quantitative estimate of drug-likeness (QED) is 0.706. The molecule has 2 N–H and O–H groups in total. The van der Waals surface area contributed by atoms with Crippen molar-refractivity contribution < 1.29 is 9.59 Å². The topological polar surface area (TPSA) is 58.2 Å². The zero-order chi connectivity index (χ0) is 19.2. The summed E-state index contributed by atoms with van der Waals surface area (Å²) < 4.78 is 0. The maximum Gasteiger partial charge on any atom is 0.255 e. The Bertz CT molecular complexity index is 945. The molecule has 0 aliphatic heterocycles. The fourth-order valence-corrected chi connectivity index (χ4v) is 2.88. The molecule has 3 aromatic carbocycles. The van der Waals surface area contributed by atoms with E-state index in [2.05, 4.69) is 10.6 Å². The van der Waals surface area contributed by atoms with E-state index in [1.165, 1.54) is 0 Å². The van der Waals surface area contributed by atoms with Gasteiger partial charge in [-0.1, -0.05) is 54.6 Å². The molecule has 0 unspecified atom stereocenters. The van der Waals surface area contributed by atoms with Crippen molar-refractivity contribution in [2.75, 3.05) is 5.32 Å². The van der Waals surface area contributed by atoms with Crippen molar-refractivity contribution in [3.8, 4) is 0 Å². The normalized spacial score (nSPS) is 10.3. The van der Waals surface area contributed by atoms with Crippen molar-refractivity contribution in [1.82, 2.24) is 5.32 Å². The van der Waals surface area contributed by atoms with Crippen LogP contribution in [0, 0.1) is 13.8 Å². The lowest BCUT2D eigenvalue weighted by atomic mass is 10.1. The van der Waals surface area contributed by atoms with E-state index in [1.807, 2.05) is 62.4 Å². The van der Waals surface area contributed by atoms with Crippen molar-refractivity contribution in [1.29, 1.82) is 0 Å². The fraction of sp³-hybridized carbons (Fsp3) is 0.130. The Morgan fingerprint density at radius 2 is 1.33 bits per heavy atom. The first-order chi connectivity index (χ1) is 13.0. The first-order valence-corrected chi connectivity index (χ1v) is 8.84. The van der Waals surface area contributed by atoms with Gasteiger partial charge in [0.2, 0.25) is 0 Å². The van der Waals surface area contributed by atoms with Crippen LogP contribution in [0.1, 0.15) is 37.4 Å². The molecular formula is C23H22N2O2. The summed E-state index contributed by atoms with van der Waals surface area (Å²) in [7, 11) is 0. The van der Waals surface area contributed by atoms with Crippen LogP contribution in [-0.4, -0.2) is 11.8 Å². The first kappa shape index (κ1) is 18.4. The minimum atomic E-state index is -0.231. The molecule has 2 amide bonds. The van der Waals surface area contributed by atoms with E-state index in [-0.39, 0.29) is 11.8 Å². The van der Waals surface area contributed by atoms with E-state index in [0.717, 1.165) is 22.4 Å². The zero-order valence-electron chi connectivity index (χ0n) is 15.5. The summed E-state index contributed by atoms with van der Waals surface area (Å²) in [6.45, 7) is 4.35. The minimum Gasteiger partial charge on any atom is -0.348 e. The molecule has 0 spiro atoms. The molecule has 136 valence electrons. The van der Waals surface area contributed by atoms with E-state index in [1.54, 1.807) is 24.3 Å². The summed E-state index contributed by atoms with van der Waals surface area (Å²) in [4.78, 5) is 25.0. The molecule has 0 heterocycles. The molecule has 4 heteroatoms. The lowest BCUT2D eigenvalue weighted by Crippen LogP contribution is -2.23. The lowest BCUT2D eigenvalue weighted by Gasteiger charge is -2.12. The van der Waals surface area contributed by atoms with Crippen LogP contribution in [0.25, 0.3) is 0 Å². The molecular weight excluding hydrogens is 336 g/mol. The van der Waals surface area contributed by atoms with Crippen LogP contribution in [0.15, 0.2) is 72.8 Å². The van der Waals surface area contributed by atoms with E-state index < -0.39 is 0 Å². The molecule has 4 nitrogen and oxygen atoms in total. The van der Waals surface area contributed by atoms with Gasteiger partial charge in [-0.2, -0.15) is 0 Å². The van der Waals surface area contributed by atoms with Crippen LogP contribution in [0.3, 0.4) is 0 Å².